The number of imidazole rings is 1. The minimum Gasteiger partial charge on any atom is -0.493 e. The molecule has 1 heterocycles. The van der Waals surface area contributed by atoms with Crippen molar-refractivity contribution in [3.8, 4) is 11.5 Å². The molecule has 0 atom stereocenters. The van der Waals surface area contributed by atoms with E-state index in [0.29, 0.717) is 31.0 Å². The average Bonchev–Trinajstić information content (AvgIpc) is 3.35. The van der Waals surface area contributed by atoms with Crippen molar-refractivity contribution < 1.29 is 23.5 Å². The highest BCUT2D eigenvalue weighted by Gasteiger charge is 2.17. The summed E-state index contributed by atoms with van der Waals surface area (Å²) in [4.78, 5) is 29.7. The monoisotopic (exact) mass is 452 g/mol. The number of hydrogen-bond acceptors (Lipinski definition) is 5. The van der Waals surface area contributed by atoms with Gasteiger partial charge in [0.2, 0.25) is 0 Å². The van der Waals surface area contributed by atoms with E-state index in [1.807, 2.05) is 10.8 Å². The molecule has 172 valence electrons. The molecule has 0 unspecified atom stereocenters. The number of methoxy groups -OCH3 is 2. The van der Waals surface area contributed by atoms with Gasteiger partial charge in [-0.25, -0.2) is 9.37 Å². The second-order valence-corrected chi connectivity index (χ2v) is 7.01. The quantitative estimate of drug-likeness (QED) is 0.364. The Hall–Kier alpha value is -4.14. The van der Waals surface area contributed by atoms with Crippen LogP contribution in [0.15, 0.2) is 66.9 Å². The lowest BCUT2D eigenvalue weighted by Gasteiger charge is -2.13. The molecule has 0 radical (unpaired) electrons. The van der Waals surface area contributed by atoms with Gasteiger partial charge in [0.1, 0.15) is 11.5 Å². The van der Waals surface area contributed by atoms with Crippen LogP contribution in [0, 0.1) is 5.82 Å². The van der Waals surface area contributed by atoms with E-state index in [-0.39, 0.29) is 16.8 Å². The molecule has 0 bridgehead atoms. The number of hydrogen-bond donors (Lipinski definition) is 2. The number of aryl methyl sites for hydroxylation is 1. The van der Waals surface area contributed by atoms with Gasteiger partial charge in [0.05, 0.1) is 20.5 Å². The topological polar surface area (TPSA) is 94.5 Å². The molecule has 3 aromatic rings. The Kier molecular flexibility index (Phi) is 8.18. The first-order valence-electron chi connectivity index (χ1n) is 10.3. The third kappa shape index (κ3) is 6.42. The van der Waals surface area contributed by atoms with Crippen LogP contribution in [0.25, 0.3) is 6.08 Å². The predicted molar refractivity (Wildman–Crippen MR) is 121 cm³/mol. The fourth-order valence-electron chi connectivity index (χ4n) is 3.06. The number of carbonyl (C=O) groups excluding carboxylic acids is 2. The molecule has 2 N–H and O–H groups in total. The second-order valence-electron chi connectivity index (χ2n) is 7.01. The van der Waals surface area contributed by atoms with Crippen molar-refractivity contribution in [1.82, 2.24) is 20.2 Å². The normalized spacial score (nSPS) is 11.1. The van der Waals surface area contributed by atoms with Crippen molar-refractivity contribution >= 4 is 17.9 Å². The molecule has 33 heavy (non-hydrogen) atoms. The number of amides is 2. The number of nitrogens with one attached hydrogen (secondary N) is 2. The fraction of sp³-hybridized carbons (Fsp3) is 0.208. The molecule has 1 aromatic heterocycles. The molecule has 0 aliphatic rings. The Labute approximate surface area is 191 Å². The molecular formula is C24H25FN4O4. The molecule has 2 amide bonds. The van der Waals surface area contributed by atoms with Crippen molar-refractivity contribution in [3.05, 3.63) is 83.8 Å². The predicted octanol–water partition coefficient (Wildman–Crippen LogP) is 3.02. The zero-order valence-electron chi connectivity index (χ0n) is 18.4. The van der Waals surface area contributed by atoms with Gasteiger partial charge in [-0.05, 0) is 36.8 Å². The van der Waals surface area contributed by atoms with Gasteiger partial charge in [0, 0.05) is 36.6 Å². The average molecular weight is 452 g/mol. The van der Waals surface area contributed by atoms with E-state index >= 15 is 0 Å². The summed E-state index contributed by atoms with van der Waals surface area (Å²) < 4.78 is 26.5. The summed E-state index contributed by atoms with van der Waals surface area (Å²) in [7, 11) is 2.95. The molecule has 0 saturated heterocycles. The summed E-state index contributed by atoms with van der Waals surface area (Å²) in [6.45, 7) is 1.03. The van der Waals surface area contributed by atoms with Crippen molar-refractivity contribution in [1.29, 1.82) is 0 Å². The minimum atomic E-state index is -0.549. The van der Waals surface area contributed by atoms with Gasteiger partial charge < -0.3 is 24.7 Å². The summed E-state index contributed by atoms with van der Waals surface area (Å²) in [5.74, 6) is -0.756. The Morgan fingerprint density at radius 3 is 2.61 bits per heavy atom. The van der Waals surface area contributed by atoms with Crippen molar-refractivity contribution in [3.63, 3.8) is 0 Å². The number of benzene rings is 2. The lowest BCUT2D eigenvalue weighted by Crippen LogP contribution is -2.35. The van der Waals surface area contributed by atoms with Gasteiger partial charge in [-0.1, -0.05) is 18.2 Å². The van der Waals surface area contributed by atoms with Gasteiger partial charge in [0.15, 0.2) is 11.5 Å². The Balaban J connectivity index is 1.76. The largest absolute Gasteiger partial charge is 0.493 e. The highest BCUT2D eigenvalue weighted by atomic mass is 19.1. The SMILES string of the molecule is COc1ccc(C(=O)NC(=Cc2ccccc2F)C(=O)NCCCn2ccnc2)cc1OC. The molecule has 0 spiro atoms. The van der Waals surface area contributed by atoms with Crippen LogP contribution in [0.5, 0.6) is 11.5 Å². The maximum atomic E-state index is 14.2. The van der Waals surface area contributed by atoms with Crippen LogP contribution in [0.4, 0.5) is 4.39 Å². The number of halogens is 1. The number of carbonyl (C=O) groups is 2. The van der Waals surface area contributed by atoms with Crippen LogP contribution in [0.3, 0.4) is 0 Å². The highest BCUT2D eigenvalue weighted by molar-refractivity contribution is 6.05. The van der Waals surface area contributed by atoms with E-state index in [4.69, 9.17) is 9.47 Å². The van der Waals surface area contributed by atoms with Crippen molar-refractivity contribution in [2.45, 2.75) is 13.0 Å². The second kappa shape index (κ2) is 11.5. The van der Waals surface area contributed by atoms with Crippen molar-refractivity contribution in [2.24, 2.45) is 0 Å². The lowest BCUT2D eigenvalue weighted by molar-refractivity contribution is -0.117. The maximum absolute atomic E-state index is 14.2. The van der Waals surface area contributed by atoms with E-state index in [0.717, 1.165) is 0 Å². The summed E-state index contributed by atoms with van der Waals surface area (Å²) in [5.41, 5.74) is 0.344. The van der Waals surface area contributed by atoms with E-state index in [1.54, 1.807) is 36.8 Å². The standard InChI is InChI=1S/C24H25FN4O4/c1-32-21-9-8-18(15-22(21)33-2)23(30)28-20(14-17-6-3-4-7-19(17)25)24(31)27-10-5-12-29-13-11-26-16-29/h3-4,6-9,11,13-16H,5,10,12H2,1-2H3,(H,27,31)(H,28,30). The van der Waals surface area contributed by atoms with Crippen LogP contribution in [0.2, 0.25) is 0 Å². The smallest absolute Gasteiger partial charge is 0.267 e. The van der Waals surface area contributed by atoms with Crippen LogP contribution >= 0.6 is 0 Å². The zero-order valence-corrected chi connectivity index (χ0v) is 18.4. The number of ether oxygens (including phenoxy) is 2. The molecule has 2 aromatic carbocycles. The molecule has 8 nitrogen and oxygen atoms in total. The molecule has 9 heteroatoms. The van der Waals surface area contributed by atoms with Gasteiger partial charge in [-0.15, -0.1) is 0 Å². The summed E-state index contributed by atoms with van der Waals surface area (Å²) in [6, 6.07) is 10.6. The molecule has 0 aliphatic heterocycles. The first-order chi connectivity index (χ1) is 16.0. The third-order valence-corrected chi connectivity index (χ3v) is 4.78. The summed E-state index contributed by atoms with van der Waals surface area (Å²) in [5, 5.41) is 5.34. The molecule has 3 rings (SSSR count). The van der Waals surface area contributed by atoms with Crippen LogP contribution < -0.4 is 20.1 Å². The third-order valence-electron chi connectivity index (χ3n) is 4.78. The number of rotatable bonds is 10. The van der Waals surface area contributed by atoms with Crippen molar-refractivity contribution in [2.75, 3.05) is 20.8 Å². The molecular weight excluding hydrogens is 427 g/mol. The fourth-order valence-corrected chi connectivity index (χ4v) is 3.06. The Morgan fingerprint density at radius 1 is 1.12 bits per heavy atom. The Morgan fingerprint density at radius 2 is 1.91 bits per heavy atom. The lowest BCUT2D eigenvalue weighted by atomic mass is 10.1. The zero-order chi connectivity index (χ0) is 23.6. The van der Waals surface area contributed by atoms with Gasteiger partial charge in [0.25, 0.3) is 11.8 Å². The van der Waals surface area contributed by atoms with E-state index in [9.17, 15) is 14.0 Å². The van der Waals surface area contributed by atoms with E-state index in [2.05, 4.69) is 15.6 Å². The van der Waals surface area contributed by atoms with Crippen LogP contribution in [-0.4, -0.2) is 42.1 Å². The molecule has 0 fully saturated rings. The van der Waals surface area contributed by atoms with Gasteiger partial charge in [-0.3, -0.25) is 9.59 Å². The Bertz CT molecular complexity index is 1130. The molecule has 0 aliphatic carbocycles. The first-order valence-corrected chi connectivity index (χ1v) is 10.3. The first kappa shape index (κ1) is 23.5. The van der Waals surface area contributed by atoms with Gasteiger partial charge >= 0.3 is 0 Å². The molecule has 0 saturated carbocycles. The minimum absolute atomic E-state index is 0.0810. The van der Waals surface area contributed by atoms with Crippen LogP contribution in [0.1, 0.15) is 22.3 Å². The summed E-state index contributed by atoms with van der Waals surface area (Å²) in [6.07, 6.45) is 7.15. The summed E-state index contributed by atoms with van der Waals surface area (Å²) >= 11 is 0. The number of aromatic nitrogens is 2. The maximum Gasteiger partial charge on any atom is 0.267 e. The highest BCUT2D eigenvalue weighted by Crippen LogP contribution is 2.27. The van der Waals surface area contributed by atoms with Crippen LogP contribution in [-0.2, 0) is 11.3 Å². The van der Waals surface area contributed by atoms with E-state index < -0.39 is 17.6 Å². The van der Waals surface area contributed by atoms with Gasteiger partial charge in [-0.2, -0.15) is 0 Å². The van der Waals surface area contributed by atoms with E-state index in [1.165, 1.54) is 38.5 Å². The number of nitrogens with zero attached hydrogens (tertiary/aromatic N) is 2.